The van der Waals surface area contributed by atoms with Crippen molar-refractivity contribution in [1.82, 2.24) is 0 Å². The molecule has 0 saturated carbocycles. The van der Waals surface area contributed by atoms with Gasteiger partial charge in [-0.2, -0.15) is 0 Å². The van der Waals surface area contributed by atoms with Crippen LogP contribution in [-0.2, 0) is 9.53 Å². The van der Waals surface area contributed by atoms with Gasteiger partial charge in [-0.25, -0.2) is 0 Å². The molecule has 0 radical (unpaired) electrons. The molecule has 1 aromatic rings. The third kappa shape index (κ3) is 3.20. The molecule has 3 nitrogen and oxygen atoms in total. The first-order valence-electron chi connectivity index (χ1n) is 4.49. The molecule has 6 heteroatoms. The van der Waals surface area contributed by atoms with Gasteiger partial charge in [0.2, 0.25) is 0 Å². The average molecular weight is 329 g/mol. The summed E-state index contributed by atoms with van der Waals surface area (Å²) in [6.07, 6.45) is 0. The van der Waals surface area contributed by atoms with Gasteiger partial charge in [0.15, 0.2) is 0 Å². The number of rotatable bonds is 3. The van der Waals surface area contributed by atoms with Crippen molar-refractivity contribution >= 4 is 45.6 Å². The average Bonchev–Trinajstić information content (AvgIpc) is 2.62. The van der Waals surface area contributed by atoms with Crippen LogP contribution in [0.5, 0.6) is 0 Å². The number of ether oxygens (including phenoxy) is 1. The third-order valence-electron chi connectivity index (χ3n) is 2.39. The Morgan fingerprint density at radius 2 is 2.12 bits per heavy atom. The van der Waals surface area contributed by atoms with Crippen molar-refractivity contribution in [1.29, 1.82) is 0 Å². The number of carbonyl (C=O) groups is 1. The number of nitrogens with two attached hydrogens (primary N) is 1. The molecule has 0 spiro atoms. The Hall–Kier alpha value is -0.100. The van der Waals surface area contributed by atoms with Gasteiger partial charge in [-0.1, -0.05) is 0 Å². The summed E-state index contributed by atoms with van der Waals surface area (Å²) < 4.78 is 5.75. The first-order chi connectivity index (χ1) is 6.89. The Morgan fingerprint density at radius 3 is 2.50 bits per heavy atom. The first kappa shape index (κ1) is 15.9. The fourth-order valence-electron chi connectivity index (χ4n) is 1.24. The number of methoxy groups -OCH3 is 1. The van der Waals surface area contributed by atoms with Crippen molar-refractivity contribution in [3.8, 4) is 0 Å². The van der Waals surface area contributed by atoms with Crippen LogP contribution in [0.25, 0.3) is 0 Å². The molecule has 0 aliphatic carbocycles. The molecular formula is C10H15BrClNO2S. The van der Waals surface area contributed by atoms with Crippen LogP contribution in [0, 0.1) is 5.41 Å². The molecule has 2 N–H and O–H groups in total. The summed E-state index contributed by atoms with van der Waals surface area (Å²) in [5, 5.41) is 0. The van der Waals surface area contributed by atoms with E-state index < -0.39 is 5.41 Å². The van der Waals surface area contributed by atoms with Crippen molar-refractivity contribution in [2.75, 3.05) is 7.11 Å². The van der Waals surface area contributed by atoms with Crippen LogP contribution in [0.1, 0.15) is 24.8 Å². The number of hydrogen-bond donors (Lipinski definition) is 1. The molecule has 1 aromatic heterocycles. The van der Waals surface area contributed by atoms with Crippen molar-refractivity contribution in [3.05, 3.63) is 20.8 Å². The van der Waals surface area contributed by atoms with E-state index in [0.29, 0.717) is 0 Å². The summed E-state index contributed by atoms with van der Waals surface area (Å²) in [7, 11) is 1.38. The summed E-state index contributed by atoms with van der Waals surface area (Å²) >= 11 is 4.90. The predicted octanol–water partition coefficient (Wildman–Crippen LogP) is 3.13. The maximum absolute atomic E-state index is 11.5. The fourth-order valence-corrected chi connectivity index (χ4v) is 2.85. The monoisotopic (exact) mass is 327 g/mol. The second-order valence-corrected chi connectivity index (χ2v) is 6.33. The highest BCUT2D eigenvalue weighted by atomic mass is 79.9. The van der Waals surface area contributed by atoms with Crippen LogP contribution in [0.4, 0.5) is 0 Å². The molecule has 0 bridgehead atoms. The van der Waals surface area contributed by atoms with Gasteiger partial charge >= 0.3 is 5.97 Å². The summed E-state index contributed by atoms with van der Waals surface area (Å²) in [5.74, 6) is -0.292. The number of hydrogen-bond acceptors (Lipinski definition) is 4. The lowest BCUT2D eigenvalue weighted by atomic mass is 9.84. The maximum atomic E-state index is 11.5. The molecule has 1 rings (SSSR count). The number of carbonyl (C=O) groups excluding carboxylic acids is 1. The smallest absolute Gasteiger partial charge is 0.313 e. The second kappa shape index (κ2) is 6.00. The highest BCUT2D eigenvalue weighted by Gasteiger charge is 2.37. The zero-order valence-corrected chi connectivity index (χ0v) is 12.5. The standard InChI is InChI=1S/C10H14BrNO2S.ClH/c1-10(2,9(13)14-3)8(12)6-4-5-7(11)15-6;/h4-5,8H,12H2,1-3H3;1H/t8-;/m1./s1. The summed E-state index contributed by atoms with van der Waals surface area (Å²) in [6.45, 7) is 3.58. The number of esters is 1. The molecule has 0 aliphatic rings. The van der Waals surface area contributed by atoms with E-state index in [1.165, 1.54) is 18.4 Å². The minimum Gasteiger partial charge on any atom is -0.469 e. The van der Waals surface area contributed by atoms with Crippen LogP contribution in [0.3, 0.4) is 0 Å². The van der Waals surface area contributed by atoms with Gasteiger partial charge < -0.3 is 10.5 Å². The van der Waals surface area contributed by atoms with Crippen LogP contribution in [0.2, 0.25) is 0 Å². The molecule has 0 saturated heterocycles. The lowest BCUT2D eigenvalue weighted by Gasteiger charge is -2.27. The van der Waals surface area contributed by atoms with Crippen LogP contribution < -0.4 is 5.73 Å². The maximum Gasteiger partial charge on any atom is 0.313 e. The molecule has 0 aromatic carbocycles. The zero-order chi connectivity index (χ0) is 11.6. The van der Waals surface area contributed by atoms with Crippen molar-refractivity contribution in [3.63, 3.8) is 0 Å². The molecule has 1 heterocycles. The van der Waals surface area contributed by atoms with E-state index in [9.17, 15) is 4.79 Å². The Bertz CT molecular complexity index is 367. The highest BCUT2D eigenvalue weighted by Crippen LogP contribution is 2.37. The molecule has 0 unspecified atom stereocenters. The summed E-state index contributed by atoms with van der Waals surface area (Å²) in [6, 6.07) is 3.50. The molecule has 0 amide bonds. The van der Waals surface area contributed by atoms with Gasteiger partial charge in [0.05, 0.1) is 22.4 Å². The SMILES string of the molecule is COC(=O)C(C)(C)[C@H](N)c1ccc(Br)s1.Cl. The molecule has 16 heavy (non-hydrogen) atoms. The fraction of sp³-hybridized carbons (Fsp3) is 0.500. The van der Waals surface area contributed by atoms with Gasteiger partial charge in [0, 0.05) is 4.88 Å². The topological polar surface area (TPSA) is 52.3 Å². The lowest BCUT2D eigenvalue weighted by Crippen LogP contribution is -2.36. The van der Waals surface area contributed by atoms with E-state index in [-0.39, 0.29) is 24.4 Å². The van der Waals surface area contributed by atoms with E-state index in [4.69, 9.17) is 10.5 Å². The highest BCUT2D eigenvalue weighted by molar-refractivity contribution is 9.11. The Morgan fingerprint density at radius 1 is 1.56 bits per heavy atom. The first-order valence-corrected chi connectivity index (χ1v) is 6.09. The van der Waals surface area contributed by atoms with Gasteiger partial charge in [0.25, 0.3) is 0 Å². The molecular weight excluding hydrogens is 314 g/mol. The van der Waals surface area contributed by atoms with Crippen LogP contribution in [0.15, 0.2) is 15.9 Å². The van der Waals surface area contributed by atoms with E-state index >= 15 is 0 Å². The van der Waals surface area contributed by atoms with E-state index in [0.717, 1.165) is 8.66 Å². The minimum absolute atomic E-state index is 0. The molecule has 92 valence electrons. The lowest BCUT2D eigenvalue weighted by molar-refractivity contribution is -0.152. The normalized spacial score (nSPS) is 12.8. The van der Waals surface area contributed by atoms with Crippen molar-refractivity contribution in [2.45, 2.75) is 19.9 Å². The van der Waals surface area contributed by atoms with E-state index in [2.05, 4.69) is 15.9 Å². The summed E-state index contributed by atoms with van der Waals surface area (Å²) in [5.41, 5.74) is 5.34. The van der Waals surface area contributed by atoms with E-state index in [1.807, 2.05) is 12.1 Å². The van der Waals surface area contributed by atoms with Gasteiger partial charge in [-0.15, -0.1) is 23.7 Å². The number of thiophene rings is 1. The molecule has 0 aliphatic heterocycles. The molecule has 0 fully saturated rings. The Kier molecular flexibility index (Phi) is 5.96. The predicted molar refractivity (Wildman–Crippen MR) is 72.0 cm³/mol. The third-order valence-corrected chi connectivity index (χ3v) is 4.10. The van der Waals surface area contributed by atoms with Crippen molar-refractivity contribution < 1.29 is 9.53 Å². The van der Waals surface area contributed by atoms with Gasteiger partial charge in [-0.3, -0.25) is 4.79 Å². The van der Waals surface area contributed by atoms with Gasteiger partial charge in [-0.05, 0) is 41.9 Å². The quantitative estimate of drug-likeness (QED) is 0.867. The Balaban J connectivity index is 0.00000225. The largest absolute Gasteiger partial charge is 0.469 e. The zero-order valence-electron chi connectivity index (χ0n) is 9.32. The summed E-state index contributed by atoms with van der Waals surface area (Å²) in [4.78, 5) is 12.5. The molecule has 1 atom stereocenters. The number of halogens is 2. The van der Waals surface area contributed by atoms with Crippen LogP contribution in [-0.4, -0.2) is 13.1 Å². The van der Waals surface area contributed by atoms with Crippen molar-refractivity contribution in [2.24, 2.45) is 11.1 Å². The van der Waals surface area contributed by atoms with E-state index in [1.54, 1.807) is 13.8 Å². The van der Waals surface area contributed by atoms with Gasteiger partial charge in [0.1, 0.15) is 0 Å². The van der Waals surface area contributed by atoms with Crippen LogP contribution >= 0.6 is 39.7 Å². The minimum atomic E-state index is -0.709. The Labute approximate surface area is 114 Å². The second-order valence-electron chi connectivity index (χ2n) is 3.83.